The minimum absolute atomic E-state index is 0.0723. The number of aromatic nitrogens is 1. The number of ketones is 1. The van der Waals surface area contributed by atoms with Gasteiger partial charge in [-0.1, -0.05) is 62.4 Å². The highest BCUT2D eigenvalue weighted by atomic mass is 16.7. The highest BCUT2D eigenvalue weighted by Gasteiger charge is 2.44. The Morgan fingerprint density at radius 3 is 2.27 bits per heavy atom. The van der Waals surface area contributed by atoms with E-state index >= 15 is 0 Å². The fourth-order valence-corrected chi connectivity index (χ4v) is 5.75. The lowest BCUT2D eigenvalue weighted by Crippen LogP contribution is -2.42. The largest absolute Gasteiger partial charge is 0.327 e. The van der Waals surface area contributed by atoms with Crippen molar-refractivity contribution in [3.63, 3.8) is 0 Å². The number of benzene rings is 2. The zero-order valence-electron chi connectivity index (χ0n) is 20.8. The lowest BCUT2D eigenvalue weighted by molar-refractivity contribution is -0.118. The summed E-state index contributed by atoms with van der Waals surface area (Å²) >= 11 is 0. The number of hydrogen-bond acceptors (Lipinski definition) is 6. The minimum atomic E-state index is -0.462. The number of allylic oxidation sites excluding steroid dienone is 2. The molecule has 0 radical (unpaired) electrons. The topological polar surface area (TPSA) is 79.8 Å². The second kappa shape index (κ2) is 8.78. The number of imide groups is 1. The van der Waals surface area contributed by atoms with Crippen LogP contribution >= 0.6 is 0 Å². The standard InChI is InChI=1S/C30H27N3O4/c1-30(2)17-23-26(24(34)18-30)25(19-9-4-3-5-10-19)22-13-8-14-31-27(22)32(23)15-16-37-33-28(35)20-11-6-7-12-21(20)29(33)36/h3-14,25H,15-18H2,1-2H3. The smallest absolute Gasteiger partial charge is 0.285 e. The molecule has 1 unspecified atom stereocenters. The Balaban J connectivity index is 1.35. The van der Waals surface area contributed by atoms with E-state index in [1.165, 1.54) is 0 Å². The van der Waals surface area contributed by atoms with Gasteiger partial charge in [0.25, 0.3) is 11.8 Å². The third-order valence-corrected chi connectivity index (χ3v) is 7.32. The third kappa shape index (κ3) is 3.86. The second-order valence-electron chi connectivity index (χ2n) is 10.5. The fraction of sp³-hybridized carbons (Fsp3) is 0.267. The van der Waals surface area contributed by atoms with Crippen LogP contribution in [0.25, 0.3) is 0 Å². The lowest BCUT2D eigenvalue weighted by Gasteiger charge is -2.44. The number of anilines is 1. The van der Waals surface area contributed by atoms with Crippen LogP contribution in [0.1, 0.15) is 64.4 Å². The van der Waals surface area contributed by atoms with Gasteiger partial charge in [0.15, 0.2) is 5.78 Å². The summed E-state index contributed by atoms with van der Waals surface area (Å²) in [6.07, 6.45) is 2.94. The molecule has 2 aromatic carbocycles. The molecule has 37 heavy (non-hydrogen) atoms. The summed E-state index contributed by atoms with van der Waals surface area (Å²) in [4.78, 5) is 51.7. The summed E-state index contributed by atoms with van der Waals surface area (Å²) in [6.45, 7) is 4.62. The molecule has 0 fully saturated rings. The van der Waals surface area contributed by atoms with Crippen molar-refractivity contribution in [2.24, 2.45) is 5.41 Å². The number of nitrogens with zero attached hydrogens (tertiary/aromatic N) is 3. The van der Waals surface area contributed by atoms with Crippen LogP contribution in [0.15, 0.2) is 84.2 Å². The van der Waals surface area contributed by atoms with Crippen molar-refractivity contribution in [2.45, 2.75) is 32.6 Å². The summed E-state index contributed by atoms with van der Waals surface area (Å²) in [5.74, 6) is -0.212. The monoisotopic (exact) mass is 493 g/mol. The average Bonchev–Trinajstić information content (AvgIpc) is 3.13. The highest BCUT2D eigenvalue weighted by Crippen LogP contribution is 2.50. The van der Waals surface area contributed by atoms with Crippen LogP contribution in [0.2, 0.25) is 0 Å². The van der Waals surface area contributed by atoms with Gasteiger partial charge in [0.2, 0.25) is 0 Å². The van der Waals surface area contributed by atoms with Crippen LogP contribution in [0.5, 0.6) is 0 Å². The number of rotatable bonds is 5. The van der Waals surface area contributed by atoms with Gasteiger partial charge in [-0.25, -0.2) is 4.98 Å². The predicted molar refractivity (Wildman–Crippen MR) is 138 cm³/mol. The molecule has 1 aromatic heterocycles. The maximum absolute atomic E-state index is 13.6. The Hall–Kier alpha value is -4.10. The number of pyridine rings is 1. The van der Waals surface area contributed by atoms with Gasteiger partial charge in [0.05, 0.1) is 24.3 Å². The first-order valence-corrected chi connectivity index (χ1v) is 12.5. The fourth-order valence-electron chi connectivity index (χ4n) is 5.75. The zero-order chi connectivity index (χ0) is 25.7. The Bertz CT molecular complexity index is 1430. The molecule has 3 heterocycles. The molecule has 7 nitrogen and oxygen atoms in total. The van der Waals surface area contributed by atoms with Crippen LogP contribution in [0, 0.1) is 5.41 Å². The molecular formula is C30H27N3O4. The van der Waals surface area contributed by atoms with Gasteiger partial charge < -0.3 is 4.90 Å². The molecule has 0 saturated heterocycles. The van der Waals surface area contributed by atoms with Crippen molar-refractivity contribution in [3.05, 3.63) is 106 Å². The highest BCUT2D eigenvalue weighted by molar-refractivity contribution is 6.20. The van der Waals surface area contributed by atoms with E-state index in [4.69, 9.17) is 9.82 Å². The van der Waals surface area contributed by atoms with Crippen molar-refractivity contribution < 1.29 is 19.2 Å². The van der Waals surface area contributed by atoms with E-state index in [-0.39, 0.29) is 23.7 Å². The number of carbonyl (C=O) groups is 3. The molecule has 0 saturated carbocycles. The molecule has 7 heteroatoms. The second-order valence-corrected chi connectivity index (χ2v) is 10.5. The van der Waals surface area contributed by atoms with Crippen LogP contribution in [-0.4, -0.2) is 40.8 Å². The van der Waals surface area contributed by atoms with E-state index in [0.29, 0.717) is 30.5 Å². The SMILES string of the molecule is CC1(C)CC(=O)C2=C(C1)N(CCON1C(=O)c3ccccc3C1=O)c1ncccc1C2c1ccccc1. The van der Waals surface area contributed by atoms with Gasteiger partial charge in [-0.15, -0.1) is 5.06 Å². The van der Waals surface area contributed by atoms with E-state index in [0.717, 1.165) is 33.3 Å². The average molecular weight is 494 g/mol. The van der Waals surface area contributed by atoms with Crippen LogP contribution in [0.3, 0.4) is 0 Å². The van der Waals surface area contributed by atoms with Crippen molar-refractivity contribution in [1.29, 1.82) is 0 Å². The van der Waals surface area contributed by atoms with E-state index in [1.54, 1.807) is 30.5 Å². The molecule has 3 aliphatic rings. The molecular weight excluding hydrogens is 466 g/mol. The normalized spacial score (nSPS) is 20.2. The summed E-state index contributed by atoms with van der Waals surface area (Å²) in [5.41, 5.74) is 4.23. The van der Waals surface area contributed by atoms with Crippen LogP contribution < -0.4 is 4.90 Å². The summed E-state index contributed by atoms with van der Waals surface area (Å²) in [5, 5.41) is 0.839. The van der Waals surface area contributed by atoms with E-state index in [1.807, 2.05) is 35.2 Å². The Morgan fingerprint density at radius 2 is 1.57 bits per heavy atom. The minimum Gasteiger partial charge on any atom is -0.327 e. The van der Waals surface area contributed by atoms with Gasteiger partial charge in [-0.05, 0) is 35.6 Å². The Morgan fingerprint density at radius 1 is 0.892 bits per heavy atom. The molecule has 1 atom stereocenters. The van der Waals surface area contributed by atoms with Crippen LogP contribution in [0.4, 0.5) is 5.82 Å². The Labute approximate surface area is 215 Å². The Kier molecular flexibility index (Phi) is 5.53. The van der Waals surface area contributed by atoms with Gasteiger partial charge in [0.1, 0.15) is 5.82 Å². The number of fused-ring (bicyclic) bond motifs is 2. The maximum Gasteiger partial charge on any atom is 0.285 e. The lowest BCUT2D eigenvalue weighted by atomic mass is 9.68. The first kappa shape index (κ1) is 23.3. The maximum atomic E-state index is 13.6. The van der Waals surface area contributed by atoms with E-state index in [9.17, 15) is 14.4 Å². The molecule has 2 amide bonds. The molecule has 3 aromatic rings. The van der Waals surface area contributed by atoms with E-state index in [2.05, 4.69) is 26.0 Å². The molecule has 2 aliphatic heterocycles. The van der Waals surface area contributed by atoms with Gasteiger partial charge in [-0.2, -0.15) is 0 Å². The number of amides is 2. The number of hydroxylamine groups is 2. The molecule has 0 spiro atoms. The van der Waals surface area contributed by atoms with Gasteiger partial charge in [-0.3, -0.25) is 19.2 Å². The molecule has 186 valence electrons. The van der Waals surface area contributed by atoms with Crippen molar-refractivity contribution >= 4 is 23.4 Å². The number of hydrogen-bond donors (Lipinski definition) is 0. The third-order valence-electron chi connectivity index (χ3n) is 7.32. The first-order chi connectivity index (χ1) is 17.9. The van der Waals surface area contributed by atoms with Crippen molar-refractivity contribution in [3.8, 4) is 0 Å². The molecule has 6 rings (SSSR count). The van der Waals surface area contributed by atoms with Gasteiger partial charge >= 0.3 is 0 Å². The first-order valence-electron chi connectivity index (χ1n) is 12.5. The van der Waals surface area contributed by atoms with E-state index < -0.39 is 11.8 Å². The number of carbonyl (C=O) groups excluding carboxylic acids is 3. The molecule has 0 bridgehead atoms. The predicted octanol–water partition coefficient (Wildman–Crippen LogP) is 4.90. The summed E-state index contributed by atoms with van der Waals surface area (Å²) < 4.78 is 0. The quantitative estimate of drug-likeness (QED) is 0.470. The molecule has 1 aliphatic carbocycles. The van der Waals surface area contributed by atoms with Gasteiger partial charge in [0, 0.05) is 35.4 Å². The van der Waals surface area contributed by atoms with Crippen molar-refractivity contribution in [1.82, 2.24) is 10.0 Å². The summed E-state index contributed by atoms with van der Waals surface area (Å²) in [6, 6.07) is 20.7. The molecule has 0 N–H and O–H groups in total. The zero-order valence-corrected chi connectivity index (χ0v) is 20.8. The summed E-state index contributed by atoms with van der Waals surface area (Å²) in [7, 11) is 0. The van der Waals surface area contributed by atoms with Crippen molar-refractivity contribution in [2.75, 3.05) is 18.1 Å². The van der Waals surface area contributed by atoms with Crippen LogP contribution in [-0.2, 0) is 9.63 Å². The number of Topliss-reactive ketones (excluding diaryl/α,β-unsaturated/α-hetero) is 1.